The first-order valence-electron chi connectivity index (χ1n) is 5.91. The molecule has 1 heterocycles. The third kappa shape index (κ3) is 3.15. The number of hydrogen-bond donors (Lipinski definition) is 2. The zero-order valence-electron chi connectivity index (χ0n) is 10.6. The molecule has 20 heavy (non-hydrogen) atoms. The number of rotatable bonds is 5. The Hall–Kier alpha value is -1.08. The monoisotopic (exact) mass is 333 g/mol. The van der Waals surface area contributed by atoms with Crippen molar-refractivity contribution in [1.82, 2.24) is 14.7 Å². The Balaban J connectivity index is 2.33. The van der Waals surface area contributed by atoms with Crippen LogP contribution in [0.1, 0.15) is 25.2 Å². The fourth-order valence-corrected chi connectivity index (χ4v) is 3.79. The lowest BCUT2D eigenvalue weighted by Crippen LogP contribution is -2.29. The van der Waals surface area contributed by atoms with Crippen LogP contribution in [0.15, 0.2) is 35.5 Å². The molecule has 108 valence electrons. The summed E-state index contributed by atoms with van der Waals surface area (Å²) in [6.07, 6.45) is 3.75. The maximum absolute atomic E-state index is 12.4. The van der Waals surface area contributed by atoms with Gasteiger partial charge in [0, 0.05) is 12.4 Å². The molecule has 2 N–H and O–H groups in total. The number of hydrogen-bond acceptors (Lipinski definition) is 3. The molecule has 0 aliphatic rings. The zero-order valence-corrected chi connectivity index (χ0v) is 12.9. The van der Waals surface area contributed by atoms with E-state index < -0.39 is 16.1 Å². The number of nitrogens with one attached hydrogen (secondary N) is 2. The van der Waals surface area contributed by atoms with E-state index in [4.69, 9.17) is 23.2 Å². The van der Waals surface area contributed by atoms with Gasteiger partial charge in [-0.25, -0.2) is 18.1 Å². The Morgan fingerprint density at radius 1 is 1.40 bits per heavy atom. The summed E-state index contributed by atoms with van der Waals surface area (Å²) in [5.74, 6) is 0.550. The van der Waals surface area contributed by atoms with Crippen LogP contribution in [0, 0.1) is 0 Å². The minimum atomic E-state index is -3.78. The second kappa shape index (κ2) is 6.13. The van der Waals surface area contributed by atoms with E-state index in [0.717, 1.165) is 0 Å². The minimum absolute atomic E-state index is 0.0102. The highest BCUT2D eigenvalue weighted by Gasteiger charge is 2.24. The molecular weight excluding hydrogens is 321 g/mol. The molecule has 0 aliphatic heterocycles. The maximum atomic E-state index is 12.4. The van der Waals surface area contributed by atoms with Crippen molar-refractivity contribution in [2.75, 3.05) is 0 Å². The van der Waals surface area contributed by atoms with Crippen molar-refractivity contribution in [3.63, 3.8) is 0 Å². The number of halogens is 2. The zero-order chi connectivity index (χ0) is 14.8. The summed E-state index contributed by atoms with van der Waals surface area (Å²) in [5.41, 5.74) is 0. The predicted molar refractivity (Wildman–Crippen MR) is 78.4 cm³/mol. The van der Waals surface area contributed by atoms with Gasteiger partial charge < -0.3 is 4.98 Å². The van der Waals surface area contributed by atoms with Crippen molar-refractivity contribution >= 4 is 33.2 Å². The van der Waals surface area contributed by atoms with Gasteiger partial charge in [-0.2, -0.15) is 0 Å². The number of aromatic amines is 1. The Kier molecular flexibility index (Phi) is 4.70. The molecule has 1 atom stereocenters. The topological polar surface area (TPSA) is 74.8 Å². The van der Waals surface area contributed by atoms with Gasteiger partial charge in [0.25, 0.3) is 0 Å². The molecule has 0 fully saturated rings. The Morgan fingerprint density at radius 2 is 2.15 bits per heavy atom. The maximum Gasteiger partial charge on any atom is 0.242 e. The largest absolute Gasteiger partial charge is 0.347 e. The van der Waals surface area contributed by atoms with Crippen LogP contribution in [0.2, 0.25) is 10.0 Å². The summed E-state index contributed by atoms with van der Waals surface area (Å²) in [6, 6.07) is 4.03. The van der Waals surface area contributed by atoms with Gasteiger partial charge >= 0.3 is 0 Å². The van der Waals surface area contributed by atoms with Crippen molar-refractivity contribution in [3.05, 3.63) is 46.5 Å². The van der Waals surface area contributed by atoms with Gasteiger partial charge in [-0.05, 0) is 18.6 Å². The minimum Gasteiger partial charge on any atom is -0.347 e. The summed E-state index contributed by atoms with van der Waals surface area (Å²) >= 11 is 11.8. The molecule has 0 aliphatic carbocycles. The van der Waals surface area contributed by atoms with Crippen molar-refractivity contribution in [2.24, 2.45) is 0 Å². The number of aromatic nitrogens is 2. The van der Waals surface area contributed by atoms with E-state index in [1.54, 1.807) is 12.4 Å². The summed E-state index contributed by atoms with van der Waals surface area (Å²) in [7, 11) is -3.78. The highest BCUT2D eigenvalue weighted by Crippen LogP contribution is 2.29. The lowest BCUT2D eigenvalue weighted by molar-refractivity contribution is 0.539. The third-order valence-corrected chi connectivity index (χ3v) is 5.21. The van der Waals surface area contributed by atoms with Crippen LogP contribution in [0.3, 0.4) is 0 Å². The highest BCUT2D eigenvalue weighted by molar-refractivity contribution is 7.89. The molecule has 2 aromatic rings. The summed E-state index contributed by atoms with van der Waals surface area (Å²) in [4.78, 5) is 6.91. The Bertz CT molecular complexity index is 687. The van der Waals surface area contributed by atoms with Gasteiger partial charge in [-0.15, -0.1) is 0 Å². The summed E-state index contributed by atoms with van der Waals surface area (Å²) in [5, 5.41) is 0.205. The first-order valence-corrected chi connectivity index (χ1v) is 8.15. The molecule has 0 radical (unpaired) electrons. The normalized spacial score (nSPS) is 13.3. The van der Waals surface area contributed by atoms with Crippen LogP contribution < -0.4 is 4.72 Å². The van der Waals surface area contributed by atoms with E-state index in [9.17, 15) is 8.42 Å². The number of sulfonamides is 1. The second-order valence-corrected chi connectivity index (χ2v) is 6.58. The van der Waals surface area contributed by atoms with Crippen molar-refractivity contribution < 1.29 is 8.42 Å². The summed E-state index contributed by atoms with van der Waals surface area (Å²) < 4.78 is 27.3. The predicted octanol–water partition coefficient (Wildman–Crippen LogP) is 3.15. The van der Waals surface area contributed by atoms with E-state index in [2.05, 4.69) is 14.7 Å². The number of imidazole rings is 1. The molecule has 0 saturated heterocycles. The second-order valence-electron chi connectivity index (χ2n) is 4.11. The van der Waals surface area contributed by atoms with Crippen LogP contribution in [0.5, 0.6) is 0 Å². The van der Waals surface area contributed by atoms with E-state index >= 15 is 0 Å². The fraction of sp³-hybridized carbons (Fsp3) is 0.250. The van der Waals surface area contributed by atoms with E-state index in [-0.39, 0.29) is 14.9 Å². The number of benzene rings is 1. The molecule has 8 heteroatoms. The van der Waals surface area contributed by atoms with Gasteiger partial charge in [0.05, 0.1) is 16.1 Å². The van der Waals surface area contributed by atoms with Gasteiger partial charge in [0.15, 0.2) is 0 Å². The lowest BCUT2D eigenvalue weighted by atomic mass is 10.2. The molecule has 1 aromatic heterocycles. The van der Waals surface area contributed by atoms with Crippen molar-refractivity contribution in [2.45, 2.75) is 24.3 Å². The fourth-order valence-electron chi connectivity index (χ4n) is 1.74. The SMILES string of the molecule is CCC(NS(=O)(=O)c1cccc(Cl)c1Cl)c1ncc[nH]1. The standard InChI is InChI=1S/C12H13Cl2N3O2S/c1-2-9(12-15-6-7-16-12)17-20(18,19)10-5-3-4-8(13)11(10)14/h3-7,9,17H,2H2,1H3,(H,15,16). The van der Waals surface area contributed by atoms with Crippen LogP contribution in [0.25, 0.3) is 0 Å². The van der Waals surface area contributed by atoms with E-state index in [0.29, 0.717) is 12.2 Å². The first-order chi connectivity index (χ1) is 9.45. The number of H-pyrrole nitrogens is 1. The smallest absolute Gasteiger partial charge is 0.242 e. The van der Waals surface area contributed by atoms with E-state index in [1.807, 2.05) is 6.92 Å². The third-order valence-electron chi connectivity index (χ3n) is 2.76. The molecule has 0 bridgehead atoms. The molecule has 1 aromatic carbocycles. The lowest BCUT2D eigenvalue weighted by Gasteiger charge is -2.16. The van der Waals surface area contributed by atoms with Gasteiger partial charge in [-0.3, -0.25) is 0 Å². The Morgan fingerprint density at radius 3 is 2.75 bits per heavy atom. The molecule has 1 unspecified atom stereocenters. The Labute approximate surface area is 127 Å². The van der Waals surface area contributed by atoms with Gasteiger partial charge in [0.1, 0.15) is 10.7 Å². The van der Waals surface area contributed by atoms with Gasteiger partial charge in [0.2, 0.25) is 10.0 Å². The van der Waals surface area contributed by atoms with E-state index in [1.165, 1.54) is 18.2 Å². The molecule has 2 rings (SSSR count). The average molecular weight is 334 g/mol. The molecule has 0 amide bonds. The van der Waals surface area contributed by atoms with Crippen LogP contribution >= 0.6 is 23.2 Å². The number of nitrogens with zero attached hydrogens (tertiary/aromatic N) is 1. The molecular formula is C12H13Cl2N3O2S. The molecule has 0 spiro atoms. The highest BCUT2D eigenvalue weighted by atomic mass is 35.5. The van der Waals surface area contributed by atoms with Crippen LogP contribution in [-0.4, -0.2) is 18.4 Å². The first kappa shape index (κ1) is 15.3. The molecule has 0 saturated carbocycles. The van der Waals surface area contributed by atoms with Crippen LogP contribution in [0.4, 0.5) is 0 Å². The molecule has 5 nitrogen and oxygen atoms in total. The van der Waals surface area contributed by atoms with Crippen molar-refractivity contribution in [3.8, 4) is 0 Å². The van der Waals surface area contributed by atoms with Crippen LogP contribution in [-0.2, 0) is 10.0 Å². The summed E-state index contributed by atoms with van der Waals surface area (Å²) in [6.45, 7) is 1.86. The quantitative estimate of drug-likeness (QED) is 0.882. The average Bonchev–Trinajstić information content (AvgIpc) is 2.93. The van der Waals surface area contributed by atoms with Crippen molar-refractivity contribution in [1.29, 1.82) is 0 Å². The van der Waals surface area contributed by atoms with Gasteiger partial charge in [-0.1, -0.05) is 36.2 Å².